The van der Waals surface area contributed by atoms with E-state index in [2.05, 4.69) is 5.32 Å². The summed E-state index contributed by atoms with van der Waals surface area (Å²) in [6.45, 7) is 4.47. The molecule has 0 rings (SSSR count). The molecule has 0 aromatic rings. The molecule has 0 heterocycles. The molecule has 0 aliphatic rings. The van der Waals surface area contributed by atoms with E-state index in [-0.39, 0.29) is 0 Å². The molecular formula is C5H12NO. The minimum absolute atomic E-state index is 0.472. The third-order valence-electron chi connectivity index (χ3n) is 0.617. The van der Waals surface area contributed by atoms with Gasteiger partial charge in [-0.1, -0.05) is 6.92 Å². The Morgan fingerprint density at radius 1 is 1.71 bits per heavy atom. The average molecular weight is 102 g/mol. The molecule has 0 aliphatic carbocycles. The van der Waals surface area contributed by atoms with Crippen LogP contribution < -0.4 is 5.32 Å². The van der Waals surface area contributed by atoms with Gasteiger partial charge in [-0.2, -0.15) is 0 Å². The zero-order valence-electron chi connectivity index (χ0n) is 4.89. The van der Waals surface area contributed by atoms with Crippen LogP contribution in [-0.4, -0.2) is 17.9 Å². The van der Waals surface area contributed by atoms with E-state index in [1.54, 1.807) is 6.92 Å². The number of rotatable bonds is 3. The minimum Gasteiger partial charge on any atom is -0.377 e. The van der Waals surface area contributed by atoms with E-state index < -0.39 is 6.23 Å². The molecule has 7 heavy (non-hydrogen) atoms. The largest absolute Gasteiger partial charge is 0.377 e. The summed E-state index contributed by atoms with van der Waals surface area (Å²) in [5.41, 5.74) is 0. The molecule has 0 saturated carbocycles. The third kappa shape index (κ3) is 5.92. The monoisotopic (exact) mass is 102 g/mol. The molecule has 0 aliphatic heterocycles. The van der Waals surface area contributed by atoms with E-state index in [4.69, 9.17) is 5.11 Å². The second kappa shape index (κ2) is 4.09. The zero-order chi connectivity index (χ0) is 5.70. The van der Waals surface area contributed by atoms with Crippen molar-refractivity contribution in [3.63, 3.8) is 0 Å². The van der Waals surface area contributed by atoms with E-state index >= 15 is 0 Å². The van der Waals surface area contributed by atoms with E-state index in [1.807, 2.05) is 6.92 Å². The molecule has 1 atom stereocenters. The van der Waals surface area contributed by atoms with Crippen LogP contribution in [0.4, 0.5) is 0 Å². The smallest absolute Gasteiger partial charge is 0.117 e. The van der Waals surface area contributed by atoms with Gasteiger partial charge in [0.2, 0.25) is 0 Å². The summed E-state index contributed by atoms with van der Waals surface area (Å²) >= 11 is 0. The summed E-state index contributed by atoms with van der Waals surface area (Å²) in [7, 11) is 0. The van der Waals surface area contributed by atoms with Crippen LogP contribution >= 0.6 is 0 Å². The normalized spacial score (nSPS) is 14.1. The van der Waals surface area contributed by atoms with Crippen molar-refractivity contribution < 1.29 is 5.11 Å². The highest BCUT2D eigenvalue weighted by atomic mass is 16.3. The van der Waals surface area contributed by atoms with Gasteiger partial charge in [0, 0.05) is 6.54 Å². The maximum atomic E-state index is 8.52. The van der Waals surface area contributed by atoms with Crippen LogP contribution in [0.5, 0.6) is 0 Å². The predicted molar refractivity (Wildman–Crippen MR) is 29.0 cm³/mol. The molecule has 0 aromatic heterocycles. The highest BCUT2D eigenvalue weighted by Gasteiger charge is 1.89. The van der Waals surface area contributed by atoms with Crippen molar-refractivity contribution in [2.24, 2.45) is 0 Å². The lowest BCUT2D eigenvalue weighted by Gasteiger charge is -1.99. The Labute approximate surface area is 44.5 Å². The molecule has 0 aromatic carbocycles. The molecule has 0 amide bonds. The zero-order valence-corrected chi connectivity index (χ0v) is 4.89. The lowest BCUT2D eigenvalue weighted by atomic mass is 10.5. The van der Waals surface area contributed by atoms with Gasteiger partial charge < -0.3 is 5.11 Å². The van der Waals surface area contributed by atoms with Gasteiger partial charge in [0.15, 0.2) is 0 Å². The maximum absolute atomic E-state index is 8.52. The lowest BCUT2D eigenvalue weighted by molar-refractivity contribution is 0.153. The summed E-state index contributed by atoms with van der Waals surface area (Å²) in [6.07, 6.45) is 0.546. The van der Waals surface area contributed by atoms with Gasteiger partial charge in [0.05, 0.1) is 0 Å². The summed E-state index contributed by atoms with van der Waals surface area (Å²) in [5.74, 6) is 0. The highest BCUT2D eigenvalue weighted by molar-refractivity contribution is 4.40. The van der Waals surface area contributed by atoms with Crippen LogP contribution in [0.1, 0.15) is 20.3 Å². The maximum Gasteiger partial charge on any atom is 0.117 e. The second-order valence-corrected chi connectivity index (χ2v) is 1.54. The summed E-state index contributed by atoms with van der Waals surface area (Å²) < 4.78 is 0. The van der Waals surface area contributed by atoms with Crippen LogP contribution in [0.15, 0.2) is 0 Å². The van der Waals surface area contributed by atoms with Crippen molar-refractivity contribution in [1.29, 1.82) is 0 Å². The fourth-order valence-corrected chi connectivity index (χ4v) is 0.316. The number of aliphatic hydroxyl groups is 1. The Morgan fingerprint density at radius 3 is 2.43 bits per heavy atom. The molecule has 1 radical (unpaired) electrons. The summed E-state index contributed by atoms with van der Waals surface area (Å²) in [6, 6.07) is 0. The Kier molecular flexibility index (Phi) is 4.04. The number of hydrogen-bond donors (Lipinski definition) is 1. The molecule has 1 N–H and O–H groups in total. The van der Waals surface area contributed by atoms with Crippen LogP contribution in [-0.2, 0) is 0 Å². The lowest BCUT2D eigenvalue weighted by Crippen LogP contribution is -2.17. The first kappa shape index (κ1) is 6.92. The number of nitrogens with zero attached hydrogens (tertiary/aromatic N) is 1. The summed E-state index contributed by atoms with van der Waals surface area (Å²) in [4.78, 5) is 0. The van der Waals surface area contributed by atoms with Gasteiger partial charge >= 0.3 is 0 Å². The van der Waals surface area contributed by atoms with Gasteiger partial charge in [-0.05, 0) is 13.3 Å². The van der Waals surface area contributed by atoms with Crippen LogP contribution in [0.25, 0.3) is 0 Å². The summed E-state index contributed by atoms with van der Waals surface area (Å²) in [5, 5.41) is 12.3. The molecule has 2 heteroatoms. The van der Waals surface area contributed by atoms with Crippen LogP contribution in [0, 0.1) is 0 Å². The molecule has 0 spiro atoms. The van der Waals surface area contributed by atoms with E-state index in [9.17, 15) is 0 Å². The van der Waals surface area contributed by atoms with E-state index in [0.29, 0.717) is 0 Å². The topological polar surface area (TPSA) is 34.3 Å². The van der Waals surface area contributed by atoms with Crippen LogP contribution in [0.2, 0.25) is 0 Å². The third-order valence-corrected chi connectivity index (χ3v) is 0.617. The Hall–Kier alpha value is -0.0800. The molecule has 2 nitrogen and oxygen atoms in total. The molecule has 1 unspecified atom stereocenters. The van der Waals surface area contributed by atoms with Gasteiger partial charge in [0.1, 0.15) is 6.23 Å². The quantitative estimate of drug-likeness (QED) is 0.547. The highest BCUT2D eigenvalue weighted by Crippen LogP contribution is 1.76. The van der Waals surface area contributed by atoms with Crippen molar-refractivity contribution >= 4 is 0 Å². The number of aliphatic hydroxyl groups excluding tert-OH is 1. The molecule has 0 fully saturated rings. The average Bonchev–Trinajstić information content (AvgIpc) is 1.61. The Morgan fingerprint density at radius 2 is 2.29 bits per heavy atom. The fourth-order valence-electron chi connectivity index (χ4n) is 0.316. The van der Waals surface area contributed by atoms with Gasteiger partial charge in [-0.3, -0.25) is 0 Å². The SMILES string of the molecule is CCC[N]C(C)O. The standard InChI is InChI=1S/C5H12NO/c1-3-4-6-5(2)7/h5,7H,3-4H2,1-2H3. The molecule has 0 bridgehead atoms. The van der Waals surface area contributed by atoms with Crippen molar-refractivity contribution in [2.45, 2.75) is 26.5 Å². The first-order valence-corrected chi connectivity index (χ1v) is 2.62. The first-order valence-electron chi connectivity index (χ1n) is 2.62. The van der Waals surface area contributed by atoms with Gasteiger partial charge in [-0.25, -0.2) is 5.32 Å². The van der Waals surface area contributed by atoms with E-state index in [1.165, 1.54) is 0 Å². The molecule has 0 saturated heterocycles. The minimum atomic E-state index is -0.472. The van der Waals surface area contributed by atoms with Crippen LogP contribution in [0.3, 0.4) is 0 Å². The van der Waals surface area contributed by atoms with Gasteiger partial charge in [-0.15, -0.1) is 0 Å². The Balaban J connectivity index is 2.68. The van der Waals surface area contributed by atoms with Crippen molar-refractivity contribution in [3.8, 4) is 0 Å². The molecular weight excluding hydrogens is 90.1 g/mol. The van der Waals surface area contributed by atoms with Crippen molar-refractivity contribution in [1.82, 2.24) is 5.32 Å². The van der Waals surface area contributed by atoms with Crippen molar-refractivity contribution in [3.05, 3.63) is 0 Å². The first-order chi connectivity index (χ1) is 3.27. The second-order valence-electron chi connectivity index (χ2n) is 1.54. The number of hydrogen-bond acceptors (Lipinski definition) is 1. The fraction of sp³-hybridized carbons (Fsp3) is 1.00. The van der Waals surface area contributed by atoms with Gasteiger partial charge in [0.25, 0.3) is 0 Å². The molecule has 43 valence electrons. The van der Waals surface area contributed by atoms with E-state index in [0.717, 1.165) is 13.0 Å². The Bertz CT molecular complexity index is 37.1. The van der Waals surface area contributed by atoms with Crippen molar-refractivity contribution in [2.75, 3.05) is 6.54 Å². The predicted octanol–water partition coefficient (Wildman–Crippen LogP) is 0.339.